The molecule has 2 aromatic heterocycles. The van der Waals surface area contributed by atoms with Crippen molar-refractivity contribution >= 4 is 23.3 Å². The molecular formula is C19H24N4O3S. The second-order valence-electron chi connectivity index (χ2n) is 7.38. The van der Waals surface area contributed by atoms with E-state index in [0.29, 0.717) is 26.2 Å². The van der Waals surface area contributed by atoms with Gasteiger partial charge in [0, 0.05) is 37.8 Å². The minimum Gasteiger partial charge on any atom is -0.444 e. The van der Waals surface area contributed by atoms with Crippen LogP contribution in [0.5, 0.6) is 0 Å². The number of rotatable bonds is 3. The average molecular weight is 388 g/mol. The van der Waals surface area contributed by atoms with E-state index in [-0.39, 0.29) is 18.4 Å². The van der Waals surface area contributed by atoms with Crippen LogP contribution < -0.4 is 0 Å². The fraction of sp³-hybridized carbons (Fsp3) is 0.474. The Morgan fingerprint density at radius 2 is 1.85 bits per heavy atom. The van der Waals surface area contributed by atoms with Crippen molar-refractivity contribution in [3.63, 3.8) is 0 Å². The zero-order valence-corrected chi connectivity index (χ0v) is 16.7. The normalized spacial score (nSPS) is 14.9. The van der Waals surface area contributed by atoms with Gasteiger partial charge in [0.05, 0.1) is 17.8 Å². The molecule has 8 heteroatoms. The summed E-state index contributed by atoms with van der Waals surface area (Å²) in [4.78, 5) is 36.9. The molecule has 0 unspecified atom stereocenters. The summed E-state index contributed by atoms with van der Waals surface area (Å²) in [6.45, 7) is 7.52. The van der Waals surface area contributed by atoms with Crippen LogP contribution >= 0.6 is 11.3 Å². The fourth-order valence-electron chi connectivity index (χ4n) is 2.73. The van der Waals surface area contributed by atoms with Gasteiger partial charge < -0.3 is 14.5 Å². The zero-order chi connectivity index (χ0) is 19.4. The van der Waals surface area contributed by atoms with Crippen molar-refractivity contribution in [1.29, 1.82) is 0 Å². The summed E-state index contributed by atoms with van der Waals surface area (Å²) in [5.74, 6) is 0.0247. The summed E-state index contributed by atoms with van der Waals surface area (Å²) in [5.41, 5.74) is 1.05. The lowest BCUT2D eigenvalue weighted by molar-refractivity contribution is -0.132. The molecule has 0 atom stereocenters. The fourth-order valence-corrected chi connectivity index (χ4v) is 3.52. The van der Waals surface area contributed by atoms with Crippen LogP contribution in [-0.4, -0.2) is 63.5 Å². The van der Waals surface area contributed by atoms with Gasteiger partial charge in [0.15, 0.2) is 0 Å². The zero-order valence-electron chi connectivity index (χ0n) is 15.8. The van der Waals surface area contributed by atoms with Crippen LogP contribution in [0.2, 0.25) is 0 Å². The second kappa shape index (κ2) is 8.04. The Labute approximate surface area is 163 Å². The number of hydrogen-bond acceptors (Lipinski definition) is 6. The summed E-state index contributed by atoms with van der Waals surface area (Å²) in [6, 6.07) is 5.68. The molecule has 0 radical (unpaired) electrons. The van der Waals surface area contributed by atoms with Gasteiger partial charge in [-0.2, -0.15) is 0 Å². The number of aromatic nitrogens is 2. The number of hydrogen-bond donors (Lipinski definition) is 0. The molecule has 0 aliphatic carbocycles. The first-order chi connectivity index (χ1) is 12.8. The average Bonchev–Trinajstić information content (AvgIpc) is 3.09. The van der Waals surface area contributed by atoms with Gasteiger partial charge in [0.25, 0.3) is 0 Å². The van der Waals surface area contributed by atoms with Gasteiger partial charge >= 0.3 is 6.09 Å². The first-order valence-corrected chi connectivity index (χ1v) is 9.81. The molecule has 0 N–H and O–H groups in total. The van der Waals surface area contributed by atoms with Gasteiger partial charge in [-0.25, -0.2) is 9.78 Å². The number of carbonyl (C=O) groups excluding carboxylic acids is 2. The third-order valence-electron chi connectivity index (χ3n) is 4.05. The minimum absolute atomic E-state index is 0.0247. The highest BCUT2D eigenvalue weighted by molar-refractivity contribution is 7.13. The number of amides is 2. The van der Waals surface area contributed by atoms with Gasteiger partial charge in [-0.3, -0.25) is 9.78 Å². The minimum atomic E-state index is -0.514. The van der Waals surface area contributed by atoms with E-state index in [4.69, 9.17) is 4.74 Å². The third-order valence-corrected chi connectivity index (χ3v) is 4.97. The van der Waals surface area contributed by atoms with Gasteiger partial charge in [-0.05, 0) is 32.9 Å². The SMILES string of the molecule is CC(C)(C)OC(=O)N1CCN(C(=O)Cc2csc(-c3ccccn3)n2)CC1. The lowest BCUT2D eigenvalue weighted by Crippen LogP contribution is -2.52. The van der Waals surface area contributed by atoms with Crippen LogP contribution in [0.15, 0.2) is 29.8 Å². The second-order valence-corrected chi connectivity index (χ2v) is 8.24. The Bertz CT molecular complexity index is 793. The molecule has 1 aliphatic rings. The number of thiazole rings is 1. The number of nitrogens with zero attached hydrogens (tertiary/aromatic N) is 4. The van der Waals surface area contributed by atoms with Crippen LogP contribution in [0.25, 0.3) is 10.7 Å². The van der Waals surface area contributed by atoms with E-state index in [1.54, 1.807) is 16.0 Å². The molecule has 1 aliphatic heterocycles. The Morgan fingerprint density at radius 1 is 1.15 bits per heavy atom. The maximum absolute atomic E-state index is 12.6. The summed E-state index contributed by atoms with van der Waals surface area (Å²) in [7, 11) is 0. The molecule has 3 heterocycles. The van der Waals surface area contributed by atoms with Gasteiger partial charge in [-0.1, -0.05) is 6.07 Å². The molecule has 0 spiro atoms. The lowest BCUT2D eigenvalue weighted by Gasteiger charge is -2.35. The molecule has 2 aromatic rings. The Kier molecular flexibility index (Phi) is 5.74. The quantitative estimate of drug-likeness (QED) is 0.808. The van der Waals surface area contributed by atoms with E-state index in [9.17, 15) is 9.59 Å². The predicted molar refractivity (Wildman–Crippen MR) is 103 cm³/mol. The highest BCUT2D eigenvalue weighted by Crippen LogP contribution is 2.22. The summed E-state index contributed by atoms with van der Waals surface area (Å²) in [5, 5.41) is 2.71. The third kappa shape index (κ3) is 5.26. The Hall–Kier alpha value is -2.48. The molecule has 0 bridgehead atoms. The van der Waals surface area contributed by atoms with Crippen molar-refractivity contribution in [2.45, 2.75) is 32.8 Å². The van der Waals surface area contributed by atoms with Crippen LogP contribution in [-0.2, 0) is 16.0 Å². The number of pyridine rings is 1. The first-order valence-electron chi connectivity index (χ1n) is 8.93. The summed E-state index contributed by atoms with van der Waals surface area (Å²) < 4.78 is 5.38. The van der Waals surface area contributed by atoms with E-state index in [2.05, 4.69) is 9.97 Å². The molecule has 27 heavy (non-hydrogen) atoms. The molecule has 1 saturated heterocycles. The lowest BCUT2D eigenvalue weighted by atomic mass is 10.2. The van der Waals surface area contributed by atoms with E-state index in [1.807, 2.05) is 44.4 Å². The molecule has 7 nitrogen and oxygen atoms in total. The van der Waals surface area contributed by atoms with Crippen LogP contribution in [0.1, 0.15) is 26.5 Å². The van der Waals surface area contributed by atoms with E-state index >= 15 is 0 Å². The van der Waals surface area contributed by atoms with Crippen LogP contribution in [0.4, 0.5) is 4.79 Å². The highest BCUT2D eigenvalue weighted by atomic mass is 32.1. The number of piperazine rings is 1. The Balaban J connectivity index is 1.52. The molecule has 144 valence electrons. The van der Waals surface area contributed by atoms with Crippen molar-refractivity contribution in [2.24, 2.45) is 0 Å². The van der Waals surface area contributed by atoms with Crippen molar-refractivity contribution in [1.82, 2.24) is 19.8 Å². The van der Waals surface area contributed by atoms with E-state index < -0.39 is 5.60 Å². The van der Waals surface area contributed by atoms with E-state index in [0.717, 1.165) is 16.4 Å². The highest BCUT2D eigenvalue weighted by Gasteiger charge is 2.27. The predicted octanol–water partition coefficient (Wildman–Crippen LogP) is 2.83. The van der Waals surface area contributed by atoms with E-state index in [1.165, 1.54) is 11.3 Å². The molecule has 1 fully saturated rings. The van der Waals surface area contributed by atoms with Crippen molar-refractivity contribution < 1.29 is 14.3 Å². The molecule has 0 saturated carbocycles. The largest absolute Gasteiger partial charge is 0.444 e. The standard InChI is InChI=1S/C19H24N4O3S/c1-19(2,3)26-18(25)23-10-8-22(9-11-23)16(24)12-14-13-27-17(21-14)15-6-4-5-7-20-15/h4-7,13H,8-12H2,1-3H3. The first kappa shape index (κ1) is 19.3. The van der Waals surface area contributed by atoms with Crippen LogP contribution in [0, 0.1) is 0 Å². The molecular weight excluding hydrogens is 364 g/mol. The summed E-state index contributed by atoms with van der Waals surface area (Å²) >= 11 is 1.49. The molecule has 3 rings (SSSR count). The van der Waals surface area contributed by atoms with Gasteiger partial charge in [0.2, 0.25) is 5.91 Å². The van der Waals surface area contributed by atoms with Crippen molar-refractivity contribution in [2.75, 3.05) is 26.2 Å². The smallest absolute Gasteiger partial charge is 0.410 e. The van der Waals surface area contributed by atoms with Gasteiger partial charge in [0.1, 0.15) is 10.6 Å². The van der Waals surface area contributed by atoms with Crippen molar-refractivity contribution in [3.8, 4) is 10.7 Å². The van der Waals surface area contributed by atoms with Gasteiger partial charge in [-0.15, -0.1) is 11.3 Å². The maximum atomic E-state index is 12.6. The molecule has 0 aromatic carbocycles. The maximum Gasteiger partial charge on any atom is 0.410 e. The molecule has 2 amide bonds. The topological polar surface area (TPSA) is 75.6 Å². The number of ether oxygens (including phenoxy) is 1. The monoisotopic (exact) mass is 388 g/mol. The van der Waals surface area contributed by atoms with Crippen LogP contribution in [0.3, 0.4) is 0 Å². The number of carbonyl (C=O) groups is 2. The summed E-state index contributed by atoms with van der Waals surface area (Å²) in [6.07, 6.45) is 1.66. The van der Waals surface area contributed by atoms with Crippen molar-refractivity contribution in [3.05, 3.63) is 35.5 Å². The Morgan fingerprint density at radius 3 is 2.48 bits per heavy atom.